The van der Waals surface area contributed by atoms with E-state index in [0.717, 1.165) is 23.0 Å². The highest BCUT2D eigenvalue weighted by Gasteiger charge is 2.13. The Morgan fingerprint density at radius 2 is 2.30 bits per heavy atom. The van der Waals surface area contributed by atoms with Crippen LogP contribution in [0.25, 0.3) is 0 Å². The summed E-state index contributed by atoms with van der Waals surface area (Å²) in [5.41, 5.74) is 1.02. The number of nitrogens with one attached hydrogen (secondary N) is 1. The van der Waals surface area contributed by atoms with Crippen molar-refractivity contribution in [1.29, 1.82) is 0 Å². The summed E-state index contributed by atoms with van der Waals surface area (Å²) < 4.78 is 0. The number of aryl methyl sites for hydroxylation is 1. The molecule has 1 amide bonds. The molecule has 4 nitrogen and oxygen atoms in total. The van der Waals surface area contributed by atoms with Gasteiger partial charge in [-0.05, 0) is 39.8 Å². The normalized spacial score (nSPS) is 17.3. The van der Waals surface area contributed by atoms with Crippen molar-refractivity contribution in [2.45, 2.75) is 32.7 Å². The summed E-state index contributed by atoms with van der Waals surface area (Å²) in [5.74, 6) is 1.69. The number of carbonyl (C=O) groups is 1. The highest BCUT2D eigenvalue weighted by molar-refractivity contribution is 7.99. The van der Waals surface area contributed by atoms with Crippen LogP contribution in [0.3, 0.4) is 0 Å². The van der Waals surface area contributed by atoms with Crippen molar-refractivity contribution in [2.75, 3.05) is 31.1 Å². The highest BCUT2D eigenvalue weighted by Crippen LogP contribution is 2.17. The summed E-state index contributed by atoms with van der Waals surface area (Å²) in [6.45, 7) is 7.54. The Labute approximate surface area is 129 Å². The van der Waals surface area contributed by atoms with Crippen LogP contribution in [0.1, 0.15) is 36.5 Å². The number of nitrogens with zero attached hydrogens (tertiary/aromatic N) is 2. The first-order chi connectivity index (χ1) is 9.65. The molecule has 6 heteroatoms. The van der Waals surface area contributed by atoms with E-state index in [-0.39, 0.29) is 11.9 Å². The molecule has 2 rings (SSSR count). The number of hydrogen-bond donors (Lipinski definition) is 1. The zero-order valence-electron chi connectivity index (χ0n) is 12.2. The van der Waals surface area contributed by atoms with Crippen LogP contribution in [0.5, 0.6) is 0 Å². The minimum Gasteiger partial charge on any atom is -0.346 e. The second-order valence-corrected chi connectivity index (χ2v) is 7.21. The van der Waals surface area contributed by atoms with Gasteiger partial charge in [-0.1, -0.05) is 0 Å². The average molecular weight is 313 g/mol. The third kappa shape index (κ3) is 5.07. The van der Waals surface area contributed by atoms with E-state index < -0.39 is 0 Å². The maximum atomic E-state index is 11.9. The van der Waals surface area contributed by atoms with E-state index in [1.807, 2.05) is 19.2 Å². The SMILES string of the molecule is Cc1csc([C@@H](C)NC(=O)CSCCN2CCCC2)n1. The molecule has 1 aliphatic heterocycles. The van der Waals surface area contributed by atoms with Crippen molar-refractivity contribution >= 4 is 29.0 Å². The minimum atomic E-state index is 0.0142. The molecule has 0 saturated carbocycles. The molecule has 1 fully saturated rings. The Bertz CT molecular complexity index is 430. The first kappa shape index (κ1) is 15.8. The topological polar surface area (TPSA) is 45.2 Å². The lowest BCUT2D eigenvalue weighted by atomic mass is 10.3. The van der Waals surface area contributed by atoms with Crippen LogP contribution in [0.4, 0.5) is 0 Å². The molecule has 0 aliphatic carbocycles. The fourth-order valence-electron chi connectivity index (χ4n) is 2.28. The van der Waals surface area contributed by atoms with Gasteiger partial charge in [0.1, 0.15) is 5.01 Å². The van der Waals surface area contributed by atoms with Crippen LogP contribution in [0.15, 0.2) is 5.38 Å². The number of rotatable bonds is 7. The predicted molar refractivity (Wildman–Crippen MR) is 86.4 cm³/mol. The van der Waals surface area contributed by atoms with E-state index in [1.54, 1.807) is 23.1 Å². The molecule has 20 heavy (non-hydrogen) atoms. The van der Waals surface area contributed by atoms with Crippen molar-refractivity contribution < 1.29 is 4.79 Å². The van der Waals surface area contributed by atoms with Crippen molar-refractivity contribution in [3.05, 3.63) is 16.1 Å². The van der Waals surface area contributed by atoms with Crippen molar-refractivity contribution in [3.8, 4) is 0 Å². The zero-order chi connectivity index (χ0) is 14.4. The van der Waals surface area contributed by atoms with Crippen LogP contribution in [-0.4, -0.2) is 46.9 Å². The molecule has 1 aromatic rings. The van der Waals surface area contributed by atoms with E-state index in [2.05, 4.69) is 15.2 Å². The first-order valence-corrected chi connectivity index (χ1v) is 9.20. The Morgan fingerprint density at radius 3 is 2.95 bits per heavy atom. The van der Waals surface area contributed by atoms with Gasteiger partial charge in [0.15, 0.2) is 0 Å². The fourth-order valence-corrected chi connectivity index (χ4v) is 3.88. The molecule has 1 aliphatic rings. The number of carbonyl (C=O) groups excluding carboxylic acids is 1. The number of amides is 1. The number of thioether (sulfide) groups is 1. The van der Waals surface area contributed by atoms with Crippen molar-refractivity contribution in [3.63, 3.8) is 0 Å². The van der Waals surface area contributed by atoms with Gasteiger partial charge in [-0.2, -0.15) is 11.8 Å². The molecule has 0 unspecified atom stereocenters. The lowest BCUT2D eigenvalue weighted by Crippen LogP contribution is -2.29. The van der Waals surface area contributed by atoms with Gasteiger partial charge < -0.3 is 10.2 Å². The Kier molecular flexibility index (Phi) is 6.32. The predicted octanol–water partition coefficient (Wildman–Crippen LogP) is 2.46. The van der Waals surface area contributed by atoms with Gasteiger partial charge in [0, 0.05) is 23.4 Å². The second-order valence-electron chi connectivity index (χ2n) is 5.22. The van der Waals surface area contributed by atoms with Gasteiger partial charge in [0.05, 0.1) is 11.8 Å². The molecule has 112 valence electrons. The van der Waals surface area contributed by atoms with Gasteiger partial charge in [-0.3, -0.25) is 4.79 Å². The van der Waals surface area contributed by atoms with Crippen molar-refractivity contribution in [1.82, 2.24) is 15.2 Å². The van der Waals surface area contributed by atoms with Gasteiger partial charge in [0.2, 0.25) is 5.91 Å². The molecule has 0 bridgehead atoms. The number of aromatic nitrogens is 1. The van der Waals surface area contributed by atoms with E-state index >= 15 is 0 Å². The Hall–Kier alpha value is -0.590. The van der Waals surface area contributed by atoms with Crippen LogP contribution in [-0.2, 0) is 4.79 Å². The quantitative estimate of drug-likeness (QED) is 0.786. The molecule has 2 heterocycles. The average Bonchev–Trinajstić information content (AvgIpc) is 3.06. The summed E-state index contributed by atoms with van der Waals surface area (Å²) in [4.78, 5) is 18.7. The monoisotopic (exact) mass is 313 g/mol. The smallest absolute Gasteiger partial charge is 0.230 e. The molecular formula is C14H23N3OS2. The highest BCUT2D eigenvalue weighted by atomic mass is 32.2. The summed E-state index contributed by atoms with van der Waals surface area (Å²) in [7, 11) is 0. The van der Waals surface area contributed by atoms with Gasteiger partial charge in [0.25, 0.3) is 0 Å². The Balaban J connectivity index is 1.60. The molecule has 0 aromatic carbocycles. The molecular weight excluding hydrogens is 290 g/mol. The van der Waals surface area contributed by atoms with Crippen LogP contribution < -0.4 is 5.32 Å². The molecule has 0 spiro atoms. The summed E-state index contributed by atoms with van der Waals surface area (Å²) in [6.07, 6.45) is 2.66. The van der Waals surface area contributed by atoms with E-state index in [9.17, 15) is 4.79 Å². The van der Waals surface area contributed by atoms with Gasteiger partial charge in [-0.25, -0.2) is 4.98 Å². The lowest BCUT2D eigenvalue weighted by Gasteiger charge is -2.14. The molecule has 0 radical (unpaired) electrons. The standard InChI is InChI=1S/C14H23N3OS2/c1-11-9-20-14(15-11)12(2)16-13(18)10-19-8-7-17-5-3-4-6-17/h9,12H,3-8,10H2,1-2H3,(H,16,18)/t12-/m1/s1. The second kappa shape index (κ2) is 8.00. The zero-order valence-corrected chi connectivity index (χ0v) is 13.9. The molecule has 1 N–H and O–H groups in total. The maximum Gasteiger partial charge on any atom is 0.230 e. The van der Waals surface area contributed by atoms with Crippen LogP contribution in [0.2, 0.25) is 0 Å². The molecule has 1 saturated heterocycles. The first-order valence-electron chi connectivity index (χ1n) is 7.16. The number of hydrogen-bond acceptors (Lipinski definition) is 5. The third-order valence-corrected chi connectivity index (χ3v) is 5.45. The van der Waals surface area contributed by atoms with Gasteiger partial charge in [-0.15, -0.1) is 11.3 Å². The fraction of sp³-hybridized carbons (Fsp3) is 0.714. The van der Waals surface area contributed by atoms with E-state index in [0.29, 0.717) is 5.75 Å². The van der Waals surface area contributed by atoms with Crippen molar-refractivity contribution in [2.24, 2.45) is 0 Å². The van der Waals surface area contributed by atoms with Gasteiger partial charge >= 0.3 is 0 Å². The van der Waals surface area contributed by atoms with Crippen LogP contribution >= 0.6 is 23.1 Å². The minimum absolute atomic E-state index is 0.0142. The summed E-state index contributed by atoms with van der Waals surface area (Å²) in [5, 5.41) is 6.01. The summed E-state index contributed by atoms with van der Waals surface area (Å²) >= 11 is 3.33. The molecule has 1 aromatic heterocycles. The van der Waals surface area contributed by atoms with E-state index in [4.69, 9.17) is 0 Å². The third-order valence-electron chi connectivity index (χ3n) is 3.37. The largest absolute Gasteiger partial charge is 0.346 e. The van der Waals surface area contributed by atoms with E-state index in [1.165, 1.54) is 25.9 Å². The Morgan fingerprint density at radius 1 is 1.55 bits per heavy atom. The maximum absolute atomic E-state index is 11.9. The number of likely N-dealkylation sites (tertiary alicyclic amines) is 1. The lowest BCUT2D eigenvalue weighted by molar-refractivity contribution is -0.119. The molecule has 1 atom stereocenters. The number of thiazole rings is 1. The van der Waals surface area contributed by atoms with Crippen LogP contribution in [0, 0.1) is 6.92 Å². The summed E-state index contributed by atoms with van der Waals surface area (Å²) in [6, 6.07) is 0.0142.